The van der Waals surface area contributed by atoms with Gasteiger partial charge in [0, 0.05) is 5.39 Å². The maximum atomic E-state index is 12.5. The number of phenolic OH excluding ortho intramolecular Hbond substituents is 1. The number of aliphatic hydroxyl groups excluding tert-OH is 2. The zero-order valence-corrected chi connectivity index (χ0v) is 20.0. The summed E-state index contributed by atoms with van der Waals surface area (Å²) in [5.41, 5.74) is 4.13. The molecule has 0 amide bonds. The monoisotopic (exact) mass is 478 g/mol. The Bertz CT molecular complexity index is 1340. The van der Waals surface area contributed by atoms with Crippen molar-refractivity contribution in [1.82, 2.24) is 0 Å². The maximum absolute atomic E-state index is 12.5. The van der Waals surface area contributed by atoms with Crippen molar-refractivity contribution in [3.8, 4) is 5.75 Å². The molecule has 0 bridgehead atoms. The van der Waals surface area contributed by atoms with Gasteiger partial charge in [0.1, 0.15) is 11.0 Å². The lowest BCUT2D eigenvalue weighted by Crippen LogP contribution is -2.29. The number of phenols is 1. The van der Waals surface area contributed by atoms with Gasteiger partial charge >= 0.3 is 0 Å². The smallest absolute Gasteiger partial charge is 0.163 e. The quantitative estimate of drug-likeness (QED) is 0.322. The summed E-state index contributed by atoms with van der Waals surface area (Å²) >= 11 is 0. The predicted molar refractivity (Wildman–Crippen MR) is 137 cm³/mol. The first-order chi connectivity index (χ1) is 16.4. The summed E-state index contributed by atoms with van der Waals surface area (Å²) in [7, 11) is -3.48. The molecule has 0 aliphatic carbocycles. The minimum absolute atomic E-state index is 0.0952. The van der Waals surface area contributed by atoms with Crippen LogP contribution in [0.3, 0.4) is 0 Å². The number of allylic oxidation sites excluding steroid dienone is 1. The molecular formula is C28H30O5S. The number of aromatic hydroxyl groups is 1. The molecule has 1 aliphatic rings. The van der Waals surface area contributed by atoms with Crippen LogP contribution < -0.4 is 0 Å². The molecule has 34 heavy (non-hydrogen) atoms. The maximum Gasteiger partial charge on any atom is 0.163 e. The van der Waals surface area contributed by atoms with E-state index in [0.29, 0.717) is 30.4 Å². The second-order valence-electron chi connectivity index (χ2n) is 8.70. The molecule has 6 heteroatoms. The van der Waals surface area contributed by atoms with E-state index >= 15 is 0 Å². The van der Waals surface area contributed by atoms with Gasteiger partial charge in [-0.05, 0) is 53.0 Å². The average Bonchev–Trinajstić information content (AvgIpc) is 3.13. The fourth-order valence-electron chi connectivity index (χ4n) is 4.84. The first-order valence-electron chi connectivity index (χ1n) is 11.5. The summed E-state index contributed by atoms with van der Waals surface area (Å²) in [4.78, 5) is 0. The van der Waals surface area contributed by atoms with Gasteiger partial charge in [-0.2, -0.15) is 0 Å². The molecule has 0 saturated heterocycles. The molecule has 0 saturated carbocycles. The predicted octanol–water partition coefficient (Wildman–Crippen LogP) is 4.72. The molecule has 0 unspecified atom stereocenters. The van der Waals surface area contributed by atoms with Crippen molar-refractivity contribution >= 4 is 32.3 Å². The first-order valence-corrected chi connectivity index (χ1v) is 13.3. The van der Waals surface area contributed by atoms with E-state index in [2.05, 4.69) is 6.08 Å². The van der Waals surface area contributed by atoms with Crippen LogP contribution in [0.5, 0.6) is 5.75 Å². The van der Waals surface area contributed by atoms with Gasteiger partial charge in [0.25, 0.3) is 0 Å². The lowest BCUT2D eigenvalue weighted by atomic mass is 9.91. The number of fused-ring (bicyclic) bond motifs is 1. The Kier molecular flexibility index (Phi) is 7.22. The van der Waals surface area contributed by atoms with Crippen LogP contribution >= 0.6 is 0 Å². The number of rotatable bonds is 8. The average molecular weight is 479 g/mol. The molecule has 0 aromatic heterocycles. The minimum Gasteiger partial charge on any atom is -0.507 e. The number of sulfone groups is 1. The lowest BCUT2D eigenvalue weighted by Gasteiger charge is -2.20. The second-order valence-corrected chi connectivity index (χ2v) is 10.9. The van der Waals surface area contributed by atoms with Crippen LogP contribution in [0.1, 0.15) is 37.3 Å². The Morgan fingerprint density at radius 1 is 1.03 bits per heavy atom. The highest BCUT2D eigenvalue weighted by Crippen LogP contribution is 2.35. The van der Waals surface area contributed by atoms with Gasteiger partial charge in [-0.3, -0.25) is 0 Å². The molecule has 3 N–H and O–H groups in total. The van der Waals surface area contributed by atoms with Gasteiger partial charge in [-0.15, -0.1) is 0 Å². The van der Waals surface area contributed by atoms with Crippen LogP contribution in [-0.4, -0.2) is 47.5 Å². The third-order valence-corrected chi connectivity index (χ3v) is 8.63. The number of aliphatic hydroxyl groups is 2. The molecule has 0 spiro atoms. The molecule has 2 atom stereocenters. The van der Waals surface area contributed by atoms with Crippen LogP contribution in [-0.2, 0) is 9.84 Å². The van der Waals surface area contributed by atoms with Gasteiger partial charge in [-0.1, -0.05) is 79.2 Å². The van der Waals surface area contributed by atoms with E-state index in [0.717, 1.165) is 27.5 Å². The minimum atomic E-state index is -3.48. The Morgan fingerprint density at radius 3 is 2.38 bits per heavy atom. The Labute approximate surface area is 200 Å². The van der Waals surface area contributed by atoms with E-state index in [1.165, 1.54) is 0 Å². The summed E-state index contributed by atoms with van der Waals surface area (Å²) in [6, 6.07) is 21.1. The van der Waals surface area contributed by atoms with Gasteiger partial charge in [0.2, 0.25) is 0 Å². The summed E-state index contributed by atoms with van der Waals surface area (Å²) in [5, 5.41) is 31.7. The van der Waals surface area contributed by atoms with Gasteiger partial charge in [-0.25, -0.2) is 8.42 Å². The molecule has 0 fully saturated rings. The van der Waals surface area contributed by atoms with Gasteiger partial charge in [0.15, 0.2) is 9.84 Å². The third-order valence-electron chi connectivity index (χ3n) is 6.61. The fourth-order valence-corrected chi connectivity index (χ4v) is 6.83. The van der Waals surface area contributed by atoms with Crippen LogP contribution in [0.2, 0.25) is 0 Å². The molecule has 178 valence electrons. The zero-order chi connectivity index (χ0) is 24.3. The van der Waals surface area contributed by atoms with Crippen molar-refractivity contribution in [2.45, 2.75) is 37.5 Å². The van der Waals surface area contributed by atoms with E-state index < -0.39 is 27.8 Å². The van der Waals surface area contributed by atoms with Crippen LogP contribution in [0, 0.1) is 0 Å². The molecular weight excluding hydrogens is 448 g/mol. The topological polar surface area (TPSA) is 94.8 Å². The van der Waals surface area contributed by atoms with E-state index in [1.807, 2.05) is 67.6 Å². The number of benzene rings is 3. The normalized spacial score (nSPS) is 19.0. The van der Waals surface area contributed by atoms with E-state index in [1.54, 1.807) is 6.07 Å². The highest BCUT2D eigenvalue weighted by Gasteiger charge is 2.40. The zero-order valence-electron chi connectivity index (χ0n) is 19.2. The first kappa shape index (κ1) is 24.2. The van der Waals surface area contributed by atoms with E-state index in [-0.39, 0.29) is 11.5 Å². The van der Waals surface area contributed by atoms with Crippen molar-refractivity contribution in [3.05, 3.63) is 89.0 Å². The van der Waals surface area contributed by atoms with Crippen molar-refractivity contribution in [2.75, 3.05) is 12.4 Å². The van der Waals surface area contributed by atoms with Crippen molar-refractivity contribution in [3.63, 3.8) is 0 Å². The Balaban J connectivity index is 1.69. The van der Waals surface area contributed by atoms with Crippen molar-refractivity contribution < 1.29 is 23.7 Å². The summed E-state index contributed by atoms with van der Waals surface area (Å²) in [6.45, 7) is 1.36. The van der Waals surface area contributed by atoms with Crippen LogP contribution in [0.25, 0.3) is 22.4 Å². The summed E-state index contributed by atoms with van der Waals surface area (Å²) in [6.07, 6.45) is 2.49. The van der Waals surface area contributed by atoms with E-state index in [4.69, 9.17) is 0 Å². The molecule has 1 heterocycles. The van der Waals surface area contributed by atoms with Crippen molar-refractivity contribution in [1.29, 1.82) is 0 Å². The standard InChI is InChI=1S/C28H30O5S/c1-2-19-18-34(32,33)27(17-29)28(19)26(31)15-12-21(20-8-4-3-5-9-20)16-22-13-14-25(30)24-11-7-6-10-23(22)24/h3-11,13-14,16,26-27,29-31H,2,12,15,17-18H2,1H3/b21-16-/t26-,27+/m1/s1. The fraction of sp³-hybridized carbons (Fsp3) is 0.286. The largest absolute Gasteiger partial charge is 0.507 e. The van der Waals surface area contributed by atoms with Crippen molar-refractivity contribution in [2.24, 2.45) is 0 Å². The summed E-state index contributed by atoms with van der Waals surface area (Å²) in [5.74, 6) is 0.128. The second kappa shape index (κ2) is 10.1. The molecule has 3 aromatic carbocycles. The number of hydrogen-bond acceptors (Lipinski definition) is 5. The van der Waals surface area contributed by atoms with Gasteiger partial charge in [0.05, 0.1) is 18.5 Å². The molecule has 1 aliphatic heterocycles. The van der Waals surface area contributed by atoms with Crippen LogP contribution in [0.4, 0.5) is 0 Å². The highest BCUT2D eigenvalue weighted by molar-refractivity contribution is 7.92. The third kappa shape index (κ3) is 4.80. The van der Waals surface area contributed by atoms with Gasteiger partial charge < -0.3 is 15.3 Å². The Hall–Kier alpha value is -2.93. The lowest BCUT2D eigenvalue weighted by molar-refractivity contribution is 0.190. The molecule has 3 aromatic rings. The Morgan fingerprint density at radius 2 is 1.71 bits per heavy atom. The molecule has 5 nitrogen and oxygen atoms in total. The summed E-state index contributed by atoms with van der Waals surface area (Å²) < 4.78 is 25.0. The molecule has 4 rings (SSSR count). The van der Waals surface area contributed by atoms with Crippen LogP contribution in [0.15, 0.2) is 77.9 Å². The highest BCUT2D eigenvalue weighted by atomic mass is 32.2. The van der Waals surface area contributed by atoms with E-state index in [9.17, 15) is 23.7 Å². The molecule has 0 radical (unpaired) electrons. The SMILES string of the molecule is CCC1=C([C@H](O)CC/C(=C/c2ccc(O)c3ccccc23)c2ccccc2)[C@H](CO)S(=O)(=O)C1. The number of hydrogen-bond donors (Lipinski definition) is 3.